The van der Waals surface area contributed by atoms with Crippen LogP contribution in [0.3, 0.4) is 0 Å². The van der Waals surface area contributed by atoms with Gasteiger partial charge in [-0.25, -0.2) is 4.99 Å². The molecule has 2 saturated heterocycles. The number of amidine groups is 1. The van der Waals surface area contributed by atoms with Crippen LogP contribution in [-0.2, 0) is 0 Å². The number of nitrogens with zero attached hydrogens (tertiary/aromatic N) is 2. The first-order valence-corrected chi connectivity index (χ1v) is 6.07. The first kappa shape index (κ1) is 13.0. The molecule has 2 aliphatic rings. The van der Waals surface area contributed by atoms with Gasteiger partial charge in [0.1, 0.15) is 5.84 Å². The Hall–Kier alpha value is -1.09. The maximum atomic E-state index is 4.26. The van der Waals surface area contributed by atoms with Crippen molar-refractivity contribution in [2.24, 2.45) is 10.4 Å². The summed E-state index contributed by atoms with van der Waals surface area (Å²) >= 11 is 0. The Bertz CT molecular complexity index is 280. The second-order valence-corrected chi connectivity index (χ2v) is 4.13. The predicted molar refractivity (Wildman–Crippen MR) is 70.7 cm³/mol. The molecule has 0 aromatic heterocycles. The van der Waals surface area contributed by atoms with Crippen molar-refractivity contribution in [3.8, 4) is 0 Å². The van der Waals surface area contributed by atoms with Gasteiger partial charge in [-0.15, -0.1) is 0 Å². The minimum Gasteiger partial charge on any atom is -0.355 e. The maximum absolute atomic E-state index is 4.26. The van der Waals surface area contributed by atoms with Gasteiger partial charge in [-0.3, -0.25) is 0 Å². The van der Waals surface area contributed by atoms with Gasteiger partial charge in [-0.1, -0.05) is 26.5 Å². The lowest BCUT2D eigenvalue weighted by molar-refractivity contribution is 0.00771. The van der Waals surface area contributed by atoms with Gasteiger partial charge >= 0.3 is 0 Å². The minimum atomic E-state index is 0.559. The summed E-state index contributed by atoms with van der Waals surface area (Å²) in [7, 11) is 0. The van der Waals surface area contributed by atoms with Crippen LogP contribution in [0.4, 0.5) is 0 Å². The molecule has 0 bridgehead atoms. The van der Waals surface area contributed by atoms with E-state index < -0.39 is 0 Å². The van der Waals surface area contributed by atoms with Crippen molar-refractivity contribution in [3.63, 3.8) is 0 Å². The van der Waals surface area contributed by atoms with Crippen molar-refractivity contribution in [2.45, 2.75) is 20.8 Å². The summed E-state index contributed by atoms with van der Waals surface area (Å²) in [5, 5.41) is 3.32. The van der Waals surface area contributed by atoms with Gasteiger partial charge in [-0.05, 0) is 13.0 Å². The van der Waals surface area contributed by atoms with Crippen LogP contribution < -0.4 is 5.32 Å². The van der Waals surface area contributed by atoms with Gasteiger partial charge < -0.3 is 10.2 Å². The fourth-order valence-electron chi connectivity index (χ4n) is 2.10. The van der Waals surface area contributed by atoms with Crippen LogP contribution >= 0.6 is 0 Å². The molecule has 3 nitrogen and oxygen atoms in total. The molecule has 2 heterocycles. The van der Waals surface area contributed by atoms with E-state index in [0.29, 0.717) is 5.41 Å². The minimum absolute atomic E-state index is 0.559. The summed E-state index contributed by atoms with van der Waals surface area (Å²) in [4.78, 5) is 6.57. The molecule has 0 aromatic rings. The topological polar surface area (TPSA) is 27.6 Å². The van der Waals surface area contributed by atoms with E-state index in [-0.39, 0.29) is 0 Å². The summed E-state index contributed by atoms with van der Waals surface area (Å²) in [6.07, 6.45) is 5.67. The van der Waals surface area contributed by atoms with Gasteiger partial charge in [0.25, 0.3) is 0 Å². The zero-order chi connectivity index (χ0) is 12.0. The molecule has 0 radical (unpaired) electrons. The monoisotopic (exact) mass is 221 g/mol. The molecule has 2 rings (SSSR count). The molecule has 0 unspecified atom stereocenters. The van der Waals surface area contributed by atoms with Gasteiger partial charge in [0.05, 0.1) is 0 Å². The number of hydrogen-bond donors (Lipinski definition) is 1. The highest BCUT2D eigenvalue weighted by molar-refractivity contribution is 5.94. The second kappa shape index (κ2) is 5.85. The first-order valence-electron chi connectivity index (χ1n) is 6.07. The van der Waals surface area contributed by atoms with Crippen molar-refractivity contribution in [2.75, 3.05) is 26.2 Å². The number of rotatable bonds is 2. The van der Waals surface area contributed by atoms with Crippen LogP contribution in [0.25, 0.3) is 0 Å². The van der Waals surface area contributed by atoms with Crippen LogP contribution in [0.15, 0.2) is 29.9 Å². The van der Waals surface area contributed by atoms with Crippen LogP contribution in [0.1, 0.15) is 20.8 Å². The number of hydrogen-bond acceptors (Lipinski definition) is 2. The quantitative estimate of drug-likeness (QED) is 0.571. The Kier molecular flexibility index (Phi) is 4.74. The van der Waals surface area contributed by atoms with Crippen LogP contribution in [-0.4, -0.2) is 36.9 Å². The van der Waals surface area contributed by atoms with Crippen molar-refractivity contribution in [3.05, 3.63) is 24.9 Å². The summed E-state index contributed by atoms with van der Waals surface area (Å²) < 4.78 is 0. The lowest BCUT2D eigenvalue weighted by Crippen LogP contribution is -2.71. The molecule has 2 aliphatic heterocycles. The van der Waals surface area contributed by atoms with E-state index in [2.05, 4.69) is 21.8 Å². The molecule has 0 aromatic carbocycles. The van der Waals surface area contributed by atoms with E-state index in [1.165, 1.54) is 13.1 Å². The predicted octanol–water partition coefficient (Wildman–Crippen LogP) is 2.04. The molecule has 1 spiro atoms. The molecule has 0 atom stereocenters. The summed E-state index contributed by atoms with van der Waals surface area (Å²) in [5.74, 6) is 1.04. The lowest BCUT2D eigenvalue weighted by atomic mass is 9.74. The molecule has 90 valence electrons. The van der Waals surface area contributed by atoms with E-state index in [9.17, 15) is 0 Å². The molecule has 1 N–H and O–H groups in total. The molecule has 0 saturated carbocycles. The zero-order valence-corrected chi connectivity index (χ0v) is 10.7. The maximum Gasteiger partial charge on any atom is 0.128 e. The van der Waals surface area contributed by atoms with Crippen molar-refractivity contribution >= 4 is 5.84 Å². The summed E-state index contributed by atoms with van der Waals surface area (Å²) in [6, 6.07) is 0. The van der Waals surface area contributed by atoms with Gasteiger partial charge in [-0.2, -0.15) is 0 Å². The largest absolute Gasteiger partial charge is 0.355 e. The Morgan fingerprint density at radius 1 is 1.38 bits per heavy atom. The average molecular weight is 221 g/mol. The fourth-order valence-corrected chi connectivity index (χ4v) is 2.10. The van der Waals surface area contributed by atoms with Crippen molar-refractivity contribution < 1.29 is 0 Å². The van der Waals surface area contributed by atoms with Crippen LogP contribution in [0, 0.1) is 5.41 Å². The molecule has 3 heteroatoms. The number of allylic oxidation sites excluding steroid dienone is 1. The standard InChI is InChI=1S/C11H17N3.C2H6/c1-3-5-10(13-4-2)14-8-11(9-14)6-12-7-11;1-2/h3-5,12H,2,6-9H2,1H3;1-2H3/b5-3-,13-10?;. The molecular weight excluding hydrogens is 198 g/mol. The van der Waals surface area contributed by atoms with Crippen molar-refractivity contribution in [1.29, 1.82) is 0 Å². The van der Waals surface area contributed by atoms with Crippen molar-refractivity contribution in [1.82, 2.24) is 10.2 Å². The zero-order valence-electron chi connectivity index (χ0n) is 10.7. The van der Waals surface area contributed by atoms with E-state index in [1.807, 2.05) is 32.9 Å². The Balaban J connectivity index is 0.000000606. The molecule has 0 aliphatic carbocycles. The van der Waals surface area contributed by atoms with Gasteiger partial charge in [0.2, 0.25) is 0 Å². The van der Waals surface area contributed by atoms with Crippen LogP contribution in [0.2, 0.25) is 0 Å². The SMILES string of the molecule is C=CN=C(/C=C\C)N1CC2(CNC2)C1.CC. The fraction of sp³-hybridized carbons (Fsp3) is 0.615. The number of nitrogens with one attached hydrogen (secondary N) is 1. The molecule has 0 amide bonds. The van der Waals surface area contributed by atoms with E-state index in [4.69, 9.17) is 0 Å². The Labute approximate surface area is 98.9 Å². The molecular formula is C13H23N3. The van der Waals surface area contributed by atoms with Crippen LogP contribution in [0.5, 0.6) is 0 Å². The van der Waals surface area contributed by atoms with Gasteiger partial charge in [0.15, 0.2) is 0 Å². The first-order chi connectivity index (χ1) is 7.79. The Morgan fingerprint density at radius 3 is 2.38 bits per heavy atom. The second-order valence-electron chi connectivity index (χ2n) is 4.13. The Morgan fingerprint density at radius 2 is 2.00 bits per heavy atom. The summed E-state index contributed by atoms with van der Waals surface area (Å²) in [5.41, 5.74) is 0.559. The lowest BCUT2D eigenvalue weighted by Gasteiger charge is -2.56. The highest BCUT2D eigenvalue weighted by atomic mass is 15.3. The highest BCUT2D eigenvalue weighted by Gasteiger charge is 2.48. The normalized spacial score (nSPS) is 22.2. The molecule has 16 heavy (non-hydrogen) atoms. The third kappa shape index (κ3) is 2.53. The average Bonchev–Trinajstić information content (AvgIpc) is 2.17. The number of aliphatic imine (C=N–C) groups is 1. The molecule has 2 fully saturated rings. The summed E-state index contributed by atoms with van der Waals surface area (Å²) in [6.45, 7) is 14.3. The van der Waals surface area contributed by atoms with E-state index in [1.54, 1.807) is 6.20 Å². The smallest absolute Gasteiger partial charge is 0.128 e. The third-order valence-corrected chi connectivity index (χ3v) is 2.92. The van der Waals surface area contributed by atoms with Gasteiger partial charge in [0, 0.05) is 37.8 Å². The van der Waals surface area contributed by atoms with E-state index in [0.717, 1.165) is 18.9 Å². The number of likely N-dealkylation sites (tertiary alicyclic amines) is 1. The highest BCUT2D eigenvalue weighted by Crippen LogP contribution is 2.34. The third-order valence-electron chi connectivity index (χ3n) is 2.92. The van der Waals surface area contributed by atoms with E-state index >= 15 is 0 Å².